The number of carbonyl (C=O) groups is 1. The number of hydrogen-bond acceptors (Lipinski definition) is 4. The number of rotatable bonds is 10. The Balaban J connectivity index is 2.74. The van der Waals surface area contributed by atoms with Crippen LogP contribution in [0.1, 0.15) is 90.1 Å². The molecule has 0 spiro atoms. The zero-order valence-electron chi connectivity index (χ0n) is 16.8. The number of hydrogen-bond donors (Lipinski definition) is 1. The van der Waals surface area contributed by atoms with E-state index in [4.69, 9.17) is 9.78 Å². The topological polar surface area (TPSA) is 55.8 Å². The second-order valence-electron chi connectivity index (χ2n) is 8.36. The van der Waals surface area contributed by atoms with Gasteiger partial charge in [0.2, 0.25) is 0 Å². The van der Waals surface area contributed by atoms with Gasteiger partial charge in [-0.05, 0) is 53.5 Å². The summed E-state index contributed by atoms with van der Waals surface area (Å²) in [4.78, 5) is 23.6. The molecule has 0 fully saturated rings. The highest BCUT2D eigenvalue weighted by Crippen LogP contribution is 2.29. The highest BCUT2D eigenvalue weighted by molar-refractivity contribution is 6.01. The minimum atomic E-state index is -1.38. The quantitative estimate of drug-likeness (QED) is 0.273. The predicted octanol–water partition coefficient (Wildman–Crippen LogP) is 5.18. The zero-order chi connectivity index (χ0) is 19.3. The largest absolute Gasteiger partial charge is 0.382 e. The summed E-state index contributed by atoms with van der Waals surface area (Å²) in [6.45, 7) is 13.1. The van der Waals surface area contributed by atoms with Crippen molar-refractivity contribution in [3.63, 3.8) is 0 Å². The van der Waals surface area contributed by atoms with E-state index in [0.29, 0.717) is 5.56 Å². The van der Waals surface area contributed by atoms with Gasteiger partial charge in [-0.15, -0.1) is 0 Å². The smallest absolute Gasteiger partial charge is 0.193 e. The molecular weight excluding hydrogens is 316 g/mol. The van der Waals surface area contributed by atoms with Crippen LogP contribution in [-0.2, 0) is 15.4 Å². The van der Waals surface area contributed by atoms with Gasteiger partial charge in [0.15, 0.2) is 5.78 Å². The highest BCUT2D eigenvalue weighted by Gasteiger charge is 2.29. The number of carbonyl (C=O) groups excluding carboxylic acids is 1. The van der Waals surface area contributed by atoms with Crippen LogP contribution in [0, 0.1) is 0 Å². The Morgan fingerprint density at radius 2 is 1.52 bits per heavy atom. The van der Waals surface area contributed by atoms with E-state index in [2.05, 4.69) is 6.92 Å². The van der Waals surface area contributed by atoms with Crippen LogP contribution in [0.5, 0.6) is 0 Å². The predicted molar refractivity (Wildman–Crippen MR) is 100 cm³/mol. The molecule has 0 aromatic heterocycles. The number of benzene rings is 1. The van der Waals surface area contributed by atoms with Crippen molar-refractivity contribution in [2.24, 2.45) is 0 Å². The van der Waals surface area contributed by atoms with E-state index in [1.165, 1.54) is 26.7 Å². The first-order valence-corrected chi connectivity index (χ1v) is 9.13. The van der Waals surface area contributed by atoms with Crippen molar-refractivity contribution < 1.29 is 19.7 Å². The second-order valence-corrected chi connectivity index (χ2v) is 8.36. The Morgan fingerprint density at radius 1 is 0.960 bits per heavy atom. The Labute approximate surface area is 152 Å². The molecule has 4 heteroatoms. The third-order valence-corrected chi connectivity index (χ3v) is 4.26. The molecule has 0 amide bonds. The minimum Gasteiger partial charge on any atom is -0.382 e. The molecule has 1 aromatic carbocycles. The van der Waals surface area contributed by atoms with Gasteiger partial charge in [-0.2, -0.15) is 0 Å². The van der Waals surface area contributed by atoms with Gasteiger partial charge in [0, 0.05) is 5.56 Å². The molecular formula is C21H34O4. The van der Waals surface area contributed by atoms with E-state index in [9.17, 15) is 9.90 Å². The molecule has 0 unspecified atom stereocenters. The Bertz CT molecular complexity index is 550. The Kier molecular flexibility index (Phi) is 7.36. The van der Waals surface area contributed by atoms with E-state index in [1.807, 2.05) is 39.8 Å². The molecule has 142 valence electrons. The summed E-state index contributed by atoms with van der Waals surface area (Å²) >= 11 is 0. The maximum atomic E-state index is 12.1. The number of ketones is 1. The molecule has 25 heavy (non-hydrogen) atoms. The first-order valence-electron chi connectivity index (χ1n) is 9.13. The number of Topliss-reactive ketones (excluding diaryl/α,β-unsaturated/α-hetero) is 1. The molecule has 4 nitrogen and oxygen atoms in total. The molecule has 0 aliphatic rings. The van der Waals surface area contributed by atoms with Gasteiger partial charge in [-0.25, -0.2) is 9.78 Å². The molecule has 0 radical (unpaired) electrons. The van der Waals surface area contributed by atoms with Crippen molar-refractivity contribution in [2.45, 2.75) is 91.0 Å². The van der Waals surface area contributed by atoms with Gasteiger partial charge in [0.05, 0.1) is 5.60 Å². The van der Waals surface area contributed by atoms with E-state index in [-0.39, 0.29) is 11.4 Å². The van der Waals surface area contributed by atoms with Crippen LogP contribution in [0.25, 0.3) is 0 Å². The zero-order valence-corrected chi connectivity index (χ0v) is 16.8. The lowest BCUT2D eigenvalue weighted by molar-refractivity contribution is -0.406. The average Bonchev–Trinajstić information content (AvgIpc) is 2.52. The number of aliphatic hydroxyl groups is 1. The first kappa shape index (κ1) is 21.8. The Hall–Kier alpha value is -1.23. The molecule has 1 N–H and O–H groups in total. The van der Waals surface area contributed by atoms with E-state index in [1.54, 1.807) is 12.1 Å². The van der Waals surface area contributed by atoms with Crippen molar-refractivity contribution in [1.82, 2.24) is 0 Å². The molecule has 0 bridgehead atoms. The molecule has 0 aliphatic heterocycles. The monoisotopic (exact) mass is 350 g/mol. The lowest BCUT2D eigenvalue weighted by Crippen LogP contribution is -2.32. The summed E-state index contributed by atoms with van der Waals surface area (Å²) in [6, 6.07) is 7.11. The van der Waals surface area contributed by atoms with Crippen molar-refractivity contribution >= 4 is 5.78 Å². The van der Waals surface area contributed by atoms with E-state index < -0.39 is 11.2 Å². The molecule has 0 heterocycles. The summed E-state index contributed by atoms with van der Waals surface area (Å²) in [7, 11) is 0. The summed E-state index contributed by atoms with van der Waals surface area (Å²) in [6.07, 6.45) is 4.42. The summed E-state index contributed by atoms with van der Waals surface area (Å²) in [5.41, 5.74) is -0.974. The first-order chi connectivity index (χ1) is 11.4. The van der Waals surface area contributed by atoms with E-state index >= 15 is 0 Å². The van der Waals surface area contributed by atoms with Gasteiger partial charge in [-0.3, -0.25) is 4.79 Å². The van der Waals surface area contributed by atoms with Crippen molar-refractivity contribution in [3.05, 3.63) is 35.4 Å². The van der Waals surface area contributed by atoms with Gasteiger partial charge in [-0.1, -0.05) is 50.5 Å². The fraction of sp³-hybridized carbons (Fsp3) is 0.667. The summed E-state index contributed by atoms with van der Waals surface area (Å²) < 4.78 is 0. The normalized spacial score (nSPS) is 13.1. The molecule has 0 saturated carbocycles. The summed E-state index contributed by atoms with van der Waals surface area (Å²) in [5.74, 6) is -0.300. The fourth-order valence-corrected chi connectivity index (χ4v) is 2.48. The van der Waals surface area contributed by atoms with Crippen molar-refractivity contribution in [2.75, 3.05) is 0 Å². The standard InChI is InChI=1S/C21H34O4/c1-8-9-10-15-19(2,3)24-25-21(6,7)17-13-11-16(12-14-17)18(22)20(4,5)23/h11-14,23H,8-10,15H2,1-7H3. The molecule has 0 atom stereocenters. The SMILES string of the molecule is CCCCCC(C)(C)OOC(C)(C)c1ccc(C(=O)C(C)(C)O)cc1. The molecule has 0 aliphatic carbocycles. The van der Waals surface area contributed by atoms with Crippen LogP contribution in [0.2, 0.25) is 0 Å². The van der Waals surface area contributed by atoms with Crippen LogP contribution >= 0.6 is 0 Å². The lowest BCUT2D eigenvalue weighted by atomic mass is 9.92. The molecule has 1 aromatic rings. The fourth-order valence-electron chi connectivity index (χ4n) is 2.48. The van der Waals surface area contributed by atoms with Gasteiger partial charge in [0.1, 0.15) is 11.2 Å². The van der Waals surface area contributed by atoms with Gasteiger partial charge in [0.25, 0.3) is 0 Å². The van der Waals surface area contributed by atoms with Crippen molar-refractivity contribution in [3.8, 4) is 0 Å². The molecule has 1 rings (SSSR count). The Morgan fingerprint density at radius 3 is 2.00 bits per heavy atom. The van der Waals surface area contributed by atoms with Gasteiger partial charge < -0.3 is 5.11 Å². The number of unbranched alkanes of at least 4 members (excludes halogenated alkanes) is 2. The van der Waals surface area contributed by atoms with Crippen LogP contribution < -0.4 is 0 Å². The third-order valence-electron chi connectivity index (χ3n) is 4.26. The lowest BCUT2D eigenvalue weighted by Gasteiger charge is -2.31. The van der Waals surface area contributed by atoms with Crippen LogP contribution in [0.15, 0.2) is 24.3 Å². The maximum Gasteiger partial charge on any atom is 0.193 e. The average molecular weight is 350 g/mol. The second kappa shape index (κ2) is 8.43. The van der Waals surface area contributed by atoms with Gasteiger partial charge >= 0.3 is 0 Å². The maximum absolute atomic E-state index is 12.1. The highest BCUT2D eigenvalue weighted by atomic mass is 17.2. The van der Waals surface area contributed by atoms with Crippen LogP contribution in [0.3, 0.4) is 0 Å². The van der Waals surface area contributed by atoms with Crippen LogP contribution in [0.4, 0.5) is 0 Å². The van der Waals surface area contributed by atoms with Crippen LogP contribution in [-0.4, -0.2) is 22.1 Å². The minimum absolute atomic E-state index is 0.300. The summed E-state index contributed by atoms with van der Waals surface area (Å²) in [5, 5.41) is 9.84. The molecule has 0 saturated heterocycles. The van der Waals surface area contributed by atoms with Crippen molar-refractivity contribution in [1.29, 1.82) is 0 Å². The van der Waals surface area contributed by atoms with E-state index in [0.717, 1.165) is 18.4 Å². The third kappa shape index (κ3) is 6.89.